The number of rotatable bonds is 5. The Morgan fingerprint density at radius 3 is 2.61 bits per heavy atom. The Bertz CT molecular complexity index is 1770. The van der Waals surface area contributed by atoms with Gasteiger partial charge in [0.15, 0.2) is 5.65 Å². The molecule has 7 nitrogen and oxygen atoms in total. The van der Waals surface area contributed by atoms with E-state index in [4.69, 9.17) is 4.74 Å². The lowest BCUT2D eigenvalue weighted by atomic mass is 9.98. The van der Waals surface area contributed by atoms with Crippen molar-refractivity contribution in [3.63, 3.8) is 0 Å². The number of aromatic nitrogens is 6. The maximum atomic E-state index is 13.9. The summed E-state index contributed by atoms with van der Waals surface area (Å²) in [6.07, 6.45) is 13.3. The van der Waals surface area contributed by atoms with Crippen LogP contribution in [0.15, 0.2) is 73.3 Å². The highest BCUT2D eigenvalue weighted by Crippen LogP contribution is 2.34. The monoisotopic (exact) mass is 504 g/mol. The lowest BCUT2D eigenvalue weighted by molar-refractivity contribution is 0.154. The Morgan fingerprint density at radius 2 is 1.71 bits per heavy atom. The smallest absolute Gasteiger partial charge is 0.155 e. The molecule has 1 aromatic carbocycles. The first-order valence-electron chi connectivity index (χ1n) is 12.9. The molecule has 0 atom stereocenters. The summed E-state index contributed by atoms with van der Waals surface area (Å²) in [5.74, 6) is 0.510. The molecule has 0 radical (unpaired) electrons. The van der Waals surface area contributed by atoms with Gasteiger partial charge in [-0.25, -0.2) is 14.4 Å². The third kappa shape index (κ3) is 4.18. The van der Waals surface area contributed by atoms with E-state index in [9.17, 15) is 4.39 Å². The molecular weight excluding hydrogens is 479 g/mol. The van der Waals surface area contributed by atoms with Gasteiger partial charge in [0.25, 0.3) is 0 Å². The molecule has 5 aromatic heterocycles. The highest BCUT2D eigenvalue weighted by Gasteiger charge is 2.17. The minimum absolute atomic E-state index is 0.259. The number of nitrogens with one attached hydrogen (secondary N) is 2. The highest BCUT2D eigenvalue weighted by atomic mass is 19.1. The van der Waals surface area contributed by atoms with Crippen molar-refractivity contribution in [3.05, 3.63) is 79.1 Å². The van der Waals surface area contributed by atoms with Gasteiger partial charge >= 0.3 is 0 Å². The number of hydrogen-bond acceptors (Lipinski definition) is 5. The fourth-order valence-corrected chi connectivity index (χ4v) is 5.35. The minimum Gasteiger partial charge on any atom is -0.489 e. The first kappa shape index (κ1) is 22.6. The fraction of sp³-hybridized carbons (Fsp3) is 0.200. The summed E-state index contributed by atoms with van der Waals surface area (Å²) in [5, 5.41) is 9.37. The molecule has 0 bridgehead atoms. The van der Waals surface area contributed by atoms with Crippen LogP contribution < -0.4 is 4.74 Å². The Labute approximate surface area is 218 Å². The van der Waals surface area contributed by atoms with E-state index in [-0.39, 0.29) is 11.9 Å². The van der Waals surface area contributed by atoms with E-state index in [0.29, 0.717) is 11.3 Å². The summed E-state index contributed by atoms with van der Waals surface area (Å²) in [7, 11) is 0. The average Bonchev–Trinajstić information content (AvgIpc) is 3.57. The quantitative estimate of drug-likeness (QED) is 0.262. The predicted octanol–water partition coefficient (Wildman–Crippen LogP) is 7.08. The van der Waals surface area contributed by atoms with Gasteiger partial charge in [-0.2, -0.15) is 5.10 Å². The average molecular weight is 505 g/mol. The van der Waals surface area contributed by atoms with E-state index in [0.717, 1.165) is 63.0 Å². The van der Waals surface area contributed by atoms with E-state index in [1.807, 2.05) is 36.7 Å². The van der Waals surface area contributed by atoms with Gasteiger partial charge in [0.2, 0.25) is 0 Å². The molecular formula is C30H25FN6O. The second-order valence-corrected chi connectivity index (χ2v) is 9.79. The van der Waals surface area contributed by atoms with Gasteiger partial charge in [-0.05, 0) is 73.2 Å². The van der Waals surface area contributed by atoms with Gasteiger partial charge in [-0.3, -0.25) is 10.1 Å². The predicted molar refractivity (Wildman–Crippen MR) is 145 cm³/mol. The Balaban J connectivity index is 1.26. The number of halogens is 1. The topological polar surface area (TPSA) is 92.4 Å². The van der Waals surface area contributed by atoms with Gasteiger partial charge in [-0.1, -0.05) is 18.6 Å². The van der Waals surface area contributed by atoms with Crippen molar-refractivity contribution in [1.29, 1.82) is 0 Å². The Kier molecular flexibility index (Phi) is 5.57. The number of fused-ring (bicyclic) bond motifs is 2. The zero-order valence-electron chi connectivity index (χ0n) is 20.6. The Morgan fingerprint density at radius 1 is 0.816 bits per heavy atom. The van der Waals surface area contributed by atoms with Crippen molar-refractivity contribution in [2.75, 3.05) is 0 Å². The van der Waals surface area contributed by atoms with Crippen molar-refractivity contribution < 1.29 is 9.13 Å². The maximum absolute atomic E-state index is 13.9. The van der Waals surface area contributed by atoms with Crippen molar-refractivity contribution in [3.8, 4) is 39.4 Å². The van der Waals surface area contributed by atoms with Crippen molar-refractivity contribution in [2.45, 2.75) is 38.2 Å². The van der Waals surface area contributed by atoms with Crippen LogP contribution in [0.4, 0.5) is 4.39 Å². The molecule has 7 rings (SSSR count). The minimum atomic E-state index is -0.275. The standard InChI is InChI=1S/C30H25FN6O/c31-21-6-4-5-18(11-21)24-9-10-33-29-25(24)14-27(35-29)28-26-13-20(16-34-30(26)37-36-28)19-12-23(17-32-15-19)38-22-7-2-1-3-8-22/h4-6,9-17,22H,1-3,7-8H2,(H,33,35)(H,34,36,37). The summed E-state index contributed by atoms with van der Waals surface area (Å²) < 4.78 is 20.2. The van der Waals surface area contributed by atoms with Crippen LogP contribution in [-0.4, -0.2) is 36.2 Å². The van der Waals surface area contributed by atoms with Gasteiger partial charge in [0.05, 0.1) is 18.0 Å². The molecule has 0 unspecified atom stereocenters. The molecule has 188 valence electrons. The molecule has 0 saturated heterocycles. The van der Waals surface area contributed by atoms with E-state index in [1.165, 1.54) is 31.4 Å². The molecule has 38 heavy (non-hydrogen) atoms. The van der Waals surface area contributed by atoms with Crippen LogP contribution in [-0.2, 0) is 0 Å². The van der Waals surface area contributed by atoms with Crippen LogP contribution in [0.25, 0.3) is 55.7 Å². The molecule has 0 aliphatic heterocycles. The molecule has 1 aliphatic carbocycles. The van der Waals surface area contributed by atoms with Gasteiger partial charge in [-0.15, -0.1) is 0 Å². The van der Waals surface area contributed by atoms with E-state index < -0.39 is 0 Å². The lowest BCUT2D eigenvalue weighted by Gasteiger charge is -2.23. The van der Waals surface area contributed by atoms with E-state index in [2.05, 4.69) is 36.2 Å². The fourth-order valence-electron chi connectivity index (χ4n) is 5.35. The molecule has 1 fully saturated rings. The number of H-pyrrole nitrogens is 2. The Hall–Kier alpha value is -4.59. The van der Waals surface area contributed by atoms with Crippen molar-refractivity contribution in [1.82, 2.24) is 30.1 Å². The third-order valence-corrected chi connectivity index (χ3v) is 7.24. The third-order valence-electron chi connectivity index (χ3n) is 7.24. The molecule has 0 spiro atoms. The highest BCUT2D eigenvalue weighted by molar-refractivity contribution is 5.99. The molecule has 5 heterocycles. The zero-order valence-corrected chi connectivity index (χ0v) is 20.6. The largest absolute Gasteiger partial charge is 0.489 e. The summed E-state index contributed by atoms with van der Waals surface area (Å²) in [4.78, 5) is 16.9. The van der Waals surface area contributed by atoms with Crippen LogP contribution in [0.5, 0.6) is 5.75 Å². The van der Waals surface area contributed by atoms with E-state index in [1.54, 1.807) is 18.5 Å². The normalized spacial score (nSPS) is 14.3. The second-order valence-electron chi connectivity index (χ2n) is 9.79. The molecule has 1 aliphatic rings. The summed E-state index contributed by atoms with van der Waals surface area (Å²) in [5.41, 5.74) is 6.48. The maximum Gasteiger partial charge on any atom is 0.155 e. The molecule has 6 aromatic rings. The van der Waals surface area contributed by atoms with Crippen LogP contribution in [0.1, 0.15) is 32.1 Å². The van der Waals surface area contributed by atoms with Gasteiger partial charge in [0, 0.05) is 40.5 Å². The number of ether oxygens (including phenoxy) is 1. The van der Waals surface area contributed by atoms with Crippen LogP contribution in [0, 0.1) is 5.82 Å². The molecule has 1 saturated carbocycles. The van der Waals surface area contributed by atoms with Gasteiger partial charge in [0.1, 0.15) is 22.9 Å². The summed E-state index contributed by atoms with van der Waals surface area (Å²) in [6, 6.07) is 14.6. The second kappa shape index (κ2) is 9.37. The zero-order chi connectivity index (χ0) is 25.5. The van der Waals surface area contributed by atoms with E-state index >= 15 is 0 Å². The number of benzene rings is 1. The summed E-state index contributed by atoms with van der Waals surface area (Å²) in [6.45, 7) is 0. The SMILES string of the molecule is Fc1cccc(-c2ccnc3[nH]c(-c4n[nH]c5ncc(-c6cncc(OC7CCCCC7)c6)cc45)cc23)c1. The van der Waals surface area contributed by atoms with Crippen LogP contribution in [0.3, 0.4) is 0 Å². The number of nitrogens with zero attached hydrogens (tertiary/aromatic N) is 4. The van der Waals surface area contributed by atoms with Crippen LogP contribution in [0.2, 0.25) is 0 Å². The van der Waals surface area contributed by atoms with Crippen molar-refractivity contribution in [2.24, 2.45) is 0 Å². The first-order valence-corrected chi connectivity index (χ1v) is 12.9. The lowest BCUT2D eigenvalue weighted by Crippen LogP contribution is -2.19. The molecule has 8 heteroatoms. The summed E-state index contributed by atoms with van der Waals surface area (Å²) >= 11 is 0. The molecule has 2 N–H and O–H groups in total. The number of hydrogen-bond donors (Lipinski definition) is 2. The molecule has 0 amide bonds. The first-order chi connectivity index (χ1) is 18.7. The number of aromatic amines is 2. The van der Waals surface area contributed by atoms with Crippen LogP contribution >= 0.6 is 0 Å². The van der Waals surface area contributed by atoms with Crippen molar-refractivity contribution >= 4 is 22.1 Å². The van der Waals surface area contributed by atoms with Gasteiger partial charge < -0.3 is 9.72 Å². The number of pyridine rings is 3.